The Morgan fingerprint density at radius 3 is 2.48 bits per heavy atom. The van der Waals surface area contributed by atoms with Crippen LogP contribution in [0.25, 0.3) is 0 Å². The summed E-state index contributed by atoms with van der Waals surface area (Å²) in [6.07, 6.45) is 3.42. The van der Waals surface area contributed by atoms with Crippen LogP contribution in [0.5, 0.6) is 0 Å². The lowest BCUT2D eigenvalue weighted by Gasteiger charge is -2.27. The molecule has 0 aromatic rings. The number of carbonyl (C=O) groups is 2. The number of amides is 2. The molecule has 2 rings (SSSR count). The highest BCUT2D eigenvalue weighted by atomic mass is 32.2. The van der Waals surface area contributed by atoms with Crippen LogP contribution >= 0.6 is 0 Å². The van der Waals surface area contributed by atoms with Gasteiger partial charge in [-0.15, -0.1) is 0 Å². The lowest BCUT2D eigenvalue weighted by atomic mass is 10.0. The Morgan fingerprint density at radius 1 is 1.38 bits per heavy atom. The maximum Gasteiger partial charge on any atom is 0.323 e. The van der Waals surface area contributed by atoms with Gasteiger partial charge in [0.25, 0.3) is 0 Å². The number of sulfone groups is 1. The summed E-state index contributed by atoms with van der Waals surface area (Å²) >= 11 is 0. The predicted octanol–water partition coefficient (Wildman–Crippen LogP) is 0.460. The molecule has 1 saturated heterocycles. The van der Waals surface area contributed by atoms with Gasteiger partial charge in [-0.2, -0.15) is 0 Å². The van der Waals surface area contributed by atoms with Gasteiger partial charge in [0.2, 0.25) is 0 Å². The summed E-state index contributed by atoms with van der Waals surface area (Å²) in [5.41, 5.74) is 0.159. The van der Waals surface area contributed by atoms with E-state index in [1.807, 2.05) is 0 Å². The zero-order chi connectivity index (χ0) is 15.7. The third-order valence-electron chi connectivity index (χ3n) is 4.54. The molecule has 21 heavy (non-hydrogen) atoms. The number of hydrogen-bond acceptors (Lipinski definition) is 4. The molecule has 0 radical (unpaired) electrons. The number of nitrogens with one attached hydrogen (secondary N) is 1. The normalized spacial score (nSPS) is 25.3. The van der Waals surface area contributed by atoms with Crippen molar-refractivity contribution in [3.8, 4) is 0 Å². The van der Waals surface area contributed by atoms with Crippen molar-refractivity contribution in [2.45, 2.75) is 38.6 Å². The van der Waals surface area contributed by atoms with Crippen molar-refractivity contribution in [1.29, 1.82) is 0 Å². The molecule has 1 saturated carbocycles. The number of aliphatic carboxylic acids is 1. The van der Waals surface area contributed by atoms with Crippen LogP contribution in [-0.2, 0) is 14.6 Å². The van der Waals surface area contributed by atoms with Crippen LogP contribution in [0, 0.1) is 5.41 Å². The Hall–Kier alpha value is -1.31. The van der Waals surface area contributed by atoms with Crippen LogP contribution in [0.4, 0.5) is 4.79 Å². The average molecular weight is 318 g/mol. The summed E-state index contributed by atoms with van der Waals surface area (Å²) in [6, 6.07) is -1.01. The Balaban J connectivity index is 1.98. The zero-order valence-corrected chi connectivity index (χ0v) is 13.0. The number of rotatable bonds is 6. The molecule has 2 aliphatic rings. The number of carboxylic acid groups (broad SMARTS) is 1. The summed E-state index contributed by atoms with van der Waals surface area (Å²) in [7, 11) is -3.16. The van der Waals surface area contributed by atoms with E-state index >= 15 is 0 Å². The fourth-order valence-electron chi connectivity index (χ4n) is 2.73. The molecule has 7 nitrogen and oxygen atoms in total. The smallest absolute Gasteiger partial charge is 0.323 e. The number of hydrogen-bond donors (Lipinski definition) is 2. The summed E-state index contributed by atoms with van der Waals surface area (Å²) in [5, 5.41) is 11.7. The molecule has 2 fully saturated rings. The minimum absolute atomic E-state index is 0.0139. The average Bonchev–Trinajstić information content (AvgIpc) is 3.11. The molecule has 1 heterocycles. The molecule has 1 atom stereocenters. The second kappa shape index (κ2) is 5.82. The molecule has 0 spiro atoms. The van der Waals surface area contributed by atoms with Crippen LogP contribution < -0.4 is 5.32 Å². The fraction of sp³-hybridized carbons (Fsp3) is 0.846. The quantitative estimate of drug-likeness (QED) is 0.740. The minimum Gasteiger partial charge on any atom is -0.480 e. The molecule has 1 aliphatic carbocycles. The van der Waals surface area contributed by atoms with Crippen LogP contribution in [0.2, 0.25) is 0 Å². The van der Waals surface area contributed by atoms with E-state index in [1.54, 1.807) is 0 Å². The molecule has 2 amide bonds. The Bertz CT molecular complexity index is 527. The lowest BCUT2D eigenvalue weighted by molar-refractivity contribution is -0.138. The topological polar surface area (TPSA) is 104 Å². The van der Waals surface area contributed by atoms with Crippen LogP contribution in [0.15, 0.2) is 0 Å². The van der Waals surface area contributed by atoms with E-state index in [-0.39, 0.29) is 16.9 Å². The zero-order valence-electron chi connectivity index (χ0n) is 12.2. The van der Waals surface area contributed by atoms with Crippen LogP contribution in [-0.4, -0.2) is 61.1 Å². The molecule has 0 bridgehead atoms. The van der Waals surface area contributed by atoms with Crippen molar-refractivity contribution < 1.29 is 23.1 Å². The predicted molar refractivity (Wildman–Crippen MR) is 76.8 cm³/mol. The summed E-state index contributed by atoms with van der Waals surface area (Å²) < 4.78 is 23.0. The van der Waals surface area contributed by atoms with E-state index in [4.69, 9.17) is 5.11 Å². The van der Waals surface area contributed by atoms with Crippen molar-refractivity contribution in [2.24, 2.45) is 5.41 Å². The highest BCUT2D eigenvalue weighted by Crippen LogP contribution is 2.47. The van der Waals surface area contributed by atoms with Gasteiger partial charge in [0.1, 0.15) is 6.54 Å². The van der Waals surface area contributed by atoms with Crippen molar-refractivity contribution in [2.75, 3.05) is 24.6 Å². The lowest BCUT2D eigenvalue weighted by Crippen LogP contribution is -2.50. The van der Waals surface area contributed by atoms with Gasteiger partial charge in [0, 0.05) is 12.6 Å². The largest absolute Gasteiger partial charge is 0.480 e. The molecule has 0 aromatic heterocycles. The highest BCUT2D eigenvalue weighted by molar-refractivity contribution is 7.91. The van der Waals surface area contributed by atoms with Gasteiger partial charge in [-0.25, -0.2) is 13.2 Å². The number of carbonyl (C=O) groups excluding carboxylic acids is 1. The van der Waals surface area contributed by atoms with E-state index in [0.717, 1.165) is 24.2 Å². The first-order valence-electron chi connectivity index (χ1n) is 7.24. The summed E-state index contributed by atoms with van der Waals surface area (Å²) in [4.78, 5) is 24.3. The van der Waals surface area contributed by atoms with E-state index in [0.29, 0.717) is 13.0 Å². The van der Waals surface area contributed by atoms with Crippen molar-refractivity contribution in [3.05, 3.63) is 0 Å². The van der Waals surface area contributed by atoms with E-state index in [2.05, 4.69) is 12.2 Å². The maximum absolute atomic E-state index is 12.2. The SMILES string of the molecule is CCC1(CNC(=O)N(CC(=O)O)C2CCS(=O)(=O)C2)CC1. The number of urea groups is 1. The summed E-state index contributed by atoms with van der Waals surface area (Å²) in [6.45, 7) is 2.13. The monoisotopic (exact) mass is 318 g/mol. The molecule has 0 aromatic carbocycles. The second-order valence-electron chi connectivity index (χ2n) is 6.09. The van der Waals surface area contributed by atoms with Crippen molar-refractivity contribution in [1.82, 2.24) is 10.2 Å². The Labute approximate surface area is 124 Å². The maximum atomic E-state index is 12.2. The standard InChI is InChI=1S/C13H22N2O5S/c1-2-13(4-5-13)9-14-12(18)15(7-11(16)17)10-3-6-21(19,20)8-10/h10H,2-9H2,1H3,(H,14,18)(H,16,17). The van der Waals surface area contributed by atoms with E-state index < -0.39 is 34.4 Å². The molecule has 120 valence electrons. The number of nitrogens with zero attached hydrogens (tertiary/aromatic N) is 1. The van der Waals surface area contributed by atoms with Gasteiger partial charge in [-0.3, -0.25) is 4.79 Å². The van der Waals surface area contributed by atoms with Crippen LogP contribution in [0.1, 0.15) is 32.6 Å². The van der Waals surface area contributed by atoms with Crippen molar-refractivity contribution >= 4 is 21.8 Å². The molecule has 8 heteroatoms. The first-order valence-corrected chi connectivity index (χ1v) is 9.06. The first kappa shape index (κ1) is 16.1. The van der Waals surface area contributed by atoms with Gasteiger partial charge in [-0.1, -0.05) is 6.92 Å². The molecular formula is C13H22N2O5S. The molecule has 1 aliphatic heterocycles. The Morgan fingerprint density at radius 2 is 2.05 bits per heavy atom. The second-order valence-corrected chi connectivity index (χ2v) is 8.32. The first-order chi connectivity index (χ1) is 9.77. The van der Waals surface area contributed by atoms with E-state index in [1.165, 1.54) is 0 Å². The minimum atomic E-state index is -3.16. The van der Waals surface area contributed by atoms with Gasteiger partial charge in [0.15, 0.2) is 9.84 Å². The van der Waals surface area contributed by atoms with Gasteiger partial charge in [-0.05, 0) is 31.1 Å². The highest BCUT2D eigenvalue weighted by Gasteiger charge is 2.42. The third-order valence-corrected chi connectivity index (χ3v) is 6.29. The third kappa shape index (κ3) is 4.09. The summed E-state index contributed by atoms with van der Waals surface area (Å²) in [5.74, 6) is -1.27. The van der Waals surface area contributed by atoms with Gasteiger partial charge >= 0.3 is 12.0 Å². The van der Waals surface area contributed by atoms with Crippen LogP contribution in [0.3, 0.4) is 0 Å². The molecule has 2 N–H and O–H groups in total. The fourth-order valence-corrected chi connectivity index (χ4v) is 4.46. The molecule has 1 unspecified atom stereocenters. The van der Waals surface area contributed by atoms with Gasteiger partial charge in [0.05, 0.1) is 11.5 Å². The van der Waals surface area contributed by atoms with Crippen molar-refractivity contribution in [3.63, 3.8) is 0 Å². The molecular weight excluding hydrogens is 296 g/mol. The Kier molecular flexibility index (Phi) is 4.46. The number of carboxylic acids is 1. The van der Waals surface area contributed by atoms with Gasteiger partial charge < -0.3 is 15.3 Å². The van der Waals surface area contributed by atoms with E-state index in [9.17, 15) is 18.0 Å².